The number of rotatable bonds is 1. The Balaban J connectivity index is 2.40. The van der Waals surface area contributed by atoms with Crippen LogP contribution in [0.3, 0.4) is 0 Å². The minimum Gasteiger partial charge on any atom is -0.488 e. The normalized spacial score (nSPS) is 15.1. The van der Waals surface area contributed by atoms with Gasteiger partial charge in [-0.15, -0.1) is 0 Å². The predicted molar refractivity (Wildman–Crippen MR) is 52.4 cm³/mol. The molecule has 1 aromatic rings. The molecule has 2 rings (SSSR count). The summed E-state index contributed by atoms with van der Waals surface area (Å²) in [6, 6.07) is 2.05. The lowest BCUT2D eigenvalue weighted by atomic mass is 10.2. The lowest BCUT2D eigenvalue weighted by Gasteiger charge is -2.28. The van der Waals surface area contributed by atoms with Gasteiger partial charge in [0.15, 0.2) is 11.6 Å². The minimum atomic E-state index is 0.770. The summed E-state index contributed by atoms with van der Waals surface area (Å²) in [7, 11) is 0. The second kappa shape index (κ2) is 3.24. The maximum atomic E-state index is 5.53. The highest BCUT2D eigenvalue weighted by atomic mass is 16.5. The number of hydrogen-bond donors (Lipinski definition) is 0. The topological polar surface area (TPSA) is 25.4 Å². The van der Waals surface area contributed by atoms with Crippen LogP contribution in [0.2, 0.25) is 0 Å². The second-order valence-electron chi connectivity index (χ2n) is 3.26. The van der Waals surface area contributed by atoms with E-state index in [1.807, 2.05) is 19.2 Å². The lowest BCUT2D eigenvalue weighted by molar-refractivity contribution is 0.306. The van der Waals surface area contributed by atoms with E-state index in [-0.39, 0.29) is 0 Å². The van der Waals surface area contributed by atoms with Crippen molar-refractivity contribution in [2.24, 2.45) is 0 Å². The fraction of sp³-hybridized carbons (Fsp3) is 0.500. The zero-order valence-electron chi connectivity index (χ0n) is 8.08. The van der Waals surface area contributed by atoms with Gasteiger partial charge in [0.05, 0.1) is 6.54 Å². The van der Waals surface area contributed by atoms with Crippen LogP contribution < -0.4 is 9.64 Å². The molecule has 1 aromatic heterocycles. The molecule has 3 heteroatoms. The summed E-state index contributed by atoms with van der Waals surface area (Å²) in [5.74, 6) is 1.91. The number of fused-ring (bicyclic) bond motifs is 1. The van der Waals surface area contributed by atoms with Crippen molar-refractivity contribution >= 4 is 5.82 Å². The van der Waals surface area contributed by atoms with Crippen molar-refractivity contribution in [3.63, 3.8) is 0 Å². The number of aryl methyl sites for hydroxylation is 1. The third kappa shape index (κ3) is 1.46. The van der Waals surface area contributed by atoms with Gasteiger partial charge in [-0.25, -0.2) is 4.98 Å². The molecule has 0 unspecified atom stereocenters. The Labute approximate surface area is 78.3 Å². The number of likely N-dealkylation sites (N-methyl/N-ethyl adjacent to an activating group) is 1. The first-order valence-corrected chi connectivity index (χ1v) is 4.65. The smallest absolute Gasteiger partial charge is 0.171 e. The monoisotopic (exact) mass is 178 g/mol. The summed E-state index contributed by atoms with van der Waals surface area (Å²) in [6.07, 6.45) is 1.89. The van der Waals surface area contributed by atoms with Crippen molar-refractivity contribution in [3.8, 4) is 5.75 Å². The average Bonchev–Trinajstić information content (AvgIpc) is 2.16. The van der Waals surface area contributed by atoms with Crippen LogP contribution in [0.15, 0.2) is 12.3 Å². The molecule has 0 saturated heterocycles. The molecule has 1 aliphatic rings. The number of aromatic nitrogens is 1. The van der Waals surface area contributed by atoms with E-state index in [9.17, 15) is 0 Å². The van der Waals surface area contributed by atoms with Crippen LogP contribution in [0.5, 0.6) is 5.75 Å². The first-order chi connectivity index (χ1) is 6.31. The standard InChI is InChI=1S/C10H14N2O/c1-3-12-4-5-13-9-6-8(2)7-11-10(9)12/h6-7H,3-5H2,1-2H3. The maximum absolute atomic E-state index is 5.53. The van der Waals surface area contributed by atoms with Crippen molar-refractivity contribution in [1.82, 2.24) is 4.98 Å². The molecule has 0 saturated carbocycles. The van der Waals surface area contributed by atoms with Gasteiger partial charge < -0.3 is 9.64 Å². The minimum absolute atomic E-state index is 0.770. The molecule has 3 nitrogen and oxygen atoms in total. The summed E-state index contributed by atoms with van der Waals surface area (Å²) < 4.78 is 5.53. The van der Waals surface area contributed by atoms with E-state index >= 15 is 0 Å². The number of hydrogen-bond acceptors (Lipinski definition) is 3. The highest BCUT2D eigenvalue weighted by Gasteiger charge is 2.17. The predicted octanol–water partition coefficient (Wildman–Crippen LogP) is 1.61. The molecular weight excluding hydrogens is 164 g/mol. The highest BCUT2D eigenvalue weighted by Crippen LogP contribution is 2.29. The van der Waals surface area contributed by atoms with E-state index in [2.05, 4.69) is 16.8 Å². The van der Waals surface area contributed by atoms with Crippen LogP contribution in [-0.4, -0.2) is 24.7 Å². The summed E-state index contributed by atoms with van der Waals surface area (Å²) in [6.45, 7) is 6.87. The fourth-order valence-electron chi connectivity index (χ4n) is 1.56. The Morgan fingerprint density at radius 1 is 1.62 bits per heavy atom. The Bertz CT molecular complexity index is 312. The molecular formula is C10H14N2O. The summed E-state index contributed by atoms with van der Waals surface area (Å²) in [5.41, 5.74) is 1.15. The van der Waals surface area contributed by atoms with Crippen LogP contribution >= 0.6 is 0 Å². The molecule has 0 atom stereocenters. The average molecular weight is 178 g/mol. The van der Waals surface area contributed by atoms with Gasteiger partial charge in [-0.05, 0) is 25.5 Å². The number of nitrogens with zero attached hydrogens (tertiary/aromatic N) is 2. The van der Waals surface area contributed by atoms with E-state index < -0.39 is 0 Å². The zero-order valence-corrected chi connectivity index (χ0v) is 8.08. The summed E-state index contributed by atoms with van der Waals surface area (Å²) in [4.78, 5) is 6.61. The molecule has 1 aliphatic heterocycles. The Morgan fingerprint density at radius 3 is 3.23 bits per heavy atom. The maximum Gasteiger partial charge on any atom is 0.171 e. The van der Waals surface area contributed by atoms with E-state index in [1.54, 1.807) is 0 Å². The van der Waals surface area contributed by atoms with Crippen LogP contribution in [0, 0.1) is 6.92 Å². The first kappa shape index (κ1) is 8.35. The van der Waals surface area contributed by atoms with Gasteiger partial charge in [-0.2, -0.15) is 0 Å². The van der Waals surface area contributed by atoms with E-state index in [0.29, 0.717) is 0 Å². The van der Waals surface area contributed by atoms with Crippen molar-refractivity contribution < 1.29 is 4.74 Å². The molecule has 2 heterocycles. The molecule has 0 spiro atoms. The Kier molecular flexibility index (Phi) is 2.08. The summed E-state index contributed by atoms with van der Waals surface area (Å²) >= 11 is 0. The Hall–Kier alpha value is -1.25. The lowest BCUT2D eigenvalue weighted by Crippen LogP contribution is -2.33. The number of pyridine rings is 1. The van der Waals surface area contributed by atoms with E-state index in [0.717, 1.165) is 36.8 Å². The SMILES string of the molecule is CCN1CCOc2cc(C)cnc21. The molecule has 13 heavy (non-hydrogen) atoms. The van der Waals surface area contributed by atoms with Crippen LogP contribution in [0.25, 0.3) is 0 Å². The van der Waals surface area contributed by atoms with Crippen LogP contribution in [0.1, 0.15) is 12.5 Å². The molecule has 70 valence electrons. The van der Waals surface area contributed by atoms with Crippen molar-refractivity contribution in [1.29, 1.82) is 0 Å². The van der Waals surface area contributed by atoms with Gasteiger partial charge in [-0.1, -0.05) is 0 Å². The van der Waals surface area contributed by atoms with Crippen molar-refractivity contribution in [2.45, 2.75) is 13.8 Å². The molecule has 0 N–H and O–H groups in total. The van der Waals surface area contributed by atoms with Crippen LogP contribution in [0.4, 0.5) is 5.82 Å². The third-order valence-electron chi connectivity index (χ3n) is 2.27. The highest BCUT2D eigenvalue weighted by molar-refractivity contribution is 5.54. The van der Waals surface area contributed by atoms with Gasteiger partial charge >= 0.3 is 0 Å². The van der Waals surface area contributed by atoms with Gasteiger partial charge in [0.2, 0.25) is 0 Å². The van der Waals surface area contributed by atoms with Gasteiger partial charge in [0, 0.05) is 12.7 Å². The molecule has 0 bridgehead atoms. The van der Waals surface area contributed by atoms with Gasteiger partial charge in [0.25, 0.3) is 0 Å². The molecule has 0 amide bonds. The van der Waals surface area contributed by atoms with Gasteiger partial charge in [0.1, 0.15) is 6.61 Å². The van der Waals surface area contributed by atoms with Crippen molar-refractivity contribution in [2.75, 3.05) is 24.6 Å². The van der Waals surface area contributed by atoms with Crippen LogP contribution in [-0.2, 0) is 0 Å². The number of anilines is 1. The fourth-order valence-corrected chi connectivity index (χ4v) is 1.56. The van der Waals surface area contributed by atoms with E-state index in [4.69, 9.17) is 4.74 Å². The molecule has 0 aliphatic carbocycles. The molecule has 0 aromatic carbocycles. The largest absolute Gasteiger partial charge is 0.488 e. The second-order valence-corrected chi connectivity index (χ2v) is 3.26. The van der Waals surface area contributed by atoms with E-state index in [1.165, 1.54) is 0 Å². The molecule has 0 fully saturated rings. The third-order valence-corrected chi connectivity index (χ3v) is 2.27. The number of ether oxygens (including phenoxy) is 1. The zero-order chi connectivity index (χ0) is 9.26. The quantitative estimate of drug-likeness (QED) is 0.653. The van der Waals surface area contributed by atoms with Gasteiger partial charge in [-0.3, -0.25) is 0 Å². The Morgan fingerprint density at radius 2 is 2.46 bits per heavy atom. The van der Waals surface area contributed by atoms with Crippen molar-refractivity contribution in [3.05, 3.63) is 17.8 Å². The first-order valence-electron chi connectivity index (χ1n) is 4.65. The summed E-state index contributed by atoms with van der Waals surface area (Å²) in [5, 5.41) is 0. The molecule has 0 radical (unpaired) electrons.